The van der Waals surface area contributed by atoms with Crippen molar-refractivity contribution < 1.29 is 19.0 Å². The quantitative estimate of drug-likeness (QED) is 0.846. The highest BCUT2D eigenvalue weighted by Crippen LogP contribution is 2.35. The summed E-state index contributed by atoms with van der Waals surface area (Å²) in [6.07, 6.45) is 0. The zero-order valence-corrected chi connectivity index (χ0v) is 14.8. The van der Waals surface area contributed by atoms with Gasteiger partial charge in [-0.2, -0.15) is 0 Å². The Hall–Kier alpha value is -2.69. The number of rotatable bonds is 5. The lowest BCUT2D eigenvalue weighted by atomic mass is 9.87. The molecule has 2 aromatic rings. The van der Waals surface area contributed by atoms with E-state index >= 15 is 0 Å². The predicted octanol–water partition coefficient (Wildman–Crippen LogP) is 3.52. The second kappa shape index (κ2) is 7.05. The third-order valence-corrected chi connectivity index (χ3v) is 4.02. The lowest BCUT2D eigenvalue weighted by Gasteiger charge is -2.19. The number of amides is 1. The zero-order chi connectivity index (χ0) is 17.9. The van der Waals surface area contributed by atoms with Gasteiger partial charge in [-0.3, -0.25) is 4.79 Å². The highest BCUT2D eigenvalue weighted by molar-refractivity contribution is 5.97. The van der Waals surface area contributed by atoms with E-state index in [9.17, 15) is 4.79 Å². The van der Waals surface area contributed by atoms with Gasteiger partial charge in [-0.15, -0.1) is 0 Å². The Morgan fingerprint density at radius 1 is 1.12 bits per heavy atom. The van der Waals surface area contributed by atoms with Crippen LogP contribution in [0.25, 0.3) is 0 Å². The average Bonchev–Trinajstić information content (AvgIpc) is 3.06. The maximum absolute atomic E-state index is 12.3. The Balaban J connectivity index is 1.49. The fourth-order valence-corrected chi connectivity index (χ4v) is 2.59. The number of ether oxygens (including phenoxy) is 3. The average molecular weight is 341 g/mol. The molecule has 1 aliphatic rings. The monoisotopic (exact) mass is 341 g/mol. The molecule has 0 fully saturated rings. The SMILES string of the molecule is CC(C)(C)c1ccc(OCCNC(=O)c2cccc3c2OCO3)cc1. The second-order valence-corrected chi connectivity index (χ2v) is 6.92. The number of para-hydroxylation sites is 1. The van der Waals surface area contributed by atoms with E-state index in [0.717, 1.165) is 5.75 Å². The highest BCUT2D eigenvalue weighted by atomic mass is 16.7. The summed E-state index contributed by atoms with van der Waals surface area (Å²) in [6, 6.07) is 13.3. The van der Waals surface area contributed by atoms with Gasteiger partial charge < -0.3 is 19.5 Å². The molecule has 1 aliphatic heterocycles. The summed E-state index contributed by atoms with van der Waals surface area (Å²) in [5.41, 5.74) is 1.85. The Morgan fingerprint density at radius 2 is 1.88 bits per heavy atom. The first-order valence-corrected chi connectivity index (χ1v) is 8.35. The van der Waals surface area contributed by atoms with Crippen LogP contribution in [-0.4, -0.2) is 25.9 Å². The van der Waals surface area contributed by atoms with Crippen LogP contribution in [-0.2, 0) is 5.41 Å². The molecule has 3 rings (SSSR count). The number of hydrogen-bond donors (Lipinski definition) is 1. The minimum Gasteiger partial charge on any atom is -0.492 e. The van der Waals surface area contributed by atoms with Gasteiger partial charge in [0.2, 0.25) is 6.79 Å². The summed E-state index contributed by atoms with van der Waals surface area (Å²) in [4.78, 5) is 12.3. The Labute approximate surface area is 147 Å². The van der Waals surface area contributed by atoms with Gasteiger partial charge in [-0.1, -0.05) is 39.0 Å². The van der Waals surface area contributed by atoms with Crippen molar-refractivity contribution in [1.82, 2.24) is 5.32 Å². The molecular formula is C20H23NO4. The first-order valence-electron chi connectivity index (χ1n) is 8.35. The molecule has 0 aliphatic carbocycles. The fraction of sp³-hybridized carbons (Fsp3) is 0.350. The van der Waals surface area contributed by atoms with Crippen molar-refractivity contribution in [2.45, 2.75) is 26.2 Å². The first-order chi connectivity index (χ1) is 11.9. The smallest absolute Gasteiger partial charge is 0.255 e. The summed E-state index contributed by atoms with van der Waals surface area (Å²) in [5, 5.41) is 2.84. The van der Waals surface area contributed by atoms with Crippen LogP contribution in [0.1, 0.15) is 36.7 Å². The lowest BCUT2D eigenvalue weighted by Crippen LogP contribution is -2.28. The van der Waals surface area contributed by atoms with Gasteiger partial charge in [0.15, 0.2) is 11.5 Å². The van der Waals surface area contributed by atoms with Gasteiger partial charge >= 0.3 is 0 Å². The van der Waals surface area contributed by atoms with Crippen LogP contribution in [0.3, 0.4) is 0 Å². The molecule has 132 valence electrons. The van der Waals surface area contributed by atoms with Gasteiger partial charge in [0.05, 0.1) is 12.1 Å². The summed E-state index contributed by atoms with van der Waals surface area (Å²) < 4.78 is 16.3. The molecule has 0 saturated carbocycles. The third kappa shape index (κ3) is 4.05. The molecule has 1 amide bonds. The van der Waals surface area contributed by atoms with E-state index in [1.54, 1.807) is 18.2 Å². The zero-order valence-electron chi connectivity index (χ0n) is 14.8. The minimum absolute atomic E-state index is 0.119. The molecule has 2 aromatic carbocycles. The fourth-order valence-electron chi connectivity index (χ4n) is 2.59. The molecule has 0 radical (unpaired) electrons. The number of carbonyl (C=O) groups is 1. The molecular weight excluding hydrogens is 318 g/mol. The van der Waals surface area contributed by atoms with E-state index in [1.165, 1.54) is 5.56 Å². The second-order valence-electron chi connectivity index (χ2n) is 6.92. The topological polar surface area (TPSA) is 56.8 Å². The maximum atomic E-state index is 12.3. The number of hydrogen-bond acceptors (Lipinski definition) is 4. The van der Waals surface area contributed by atoms with Crippen LogP contribution in [0.5, 0.6) is 17.2 Å². The normalized spacial score (nSPS) is 12.8. The van der Waals surface area contributed by atoms with E-state index in [1.807, 2.05) is 12.1 Å². The summed E-state index contributed by atoms with van der Waals surface area (Å²) in [6.45, 7) is 7.47. The summed E-state index contributed by atoms with van der Waals surface area (Å²) in [5.74, 6) is 1.69. The number of fused-ring (bicyclic) bond motifs is 1. The molecule has 0 bridgehead atoms. The van der Waals surface area contributed by atoms with Gasteiger partial charge in [-0.25, -0.2) is 0 Å². The van der Waals surface area contributed by atoms with Crippen LogP contribution in [0.2, 0.25) is 0 Å². The van der Waals surface area contributed by atoms with Crippen LogP contribution in [0.4, 0.5) is 0 Å². The first kappa shape index (κ1) is 17.1. The molecule has 0 atom stereocenters. The van der Waals surface area contributed by atoms with E-state index < -0.39 is 0 Å². The summed E-state index contributed by atoms with van der Waals surface area (Å²) in [7, 11) is 0. The van der Waals surface area contributed by atoms with Crippen molar-refractivity contribution >= 4 is 5.91 Å². The number of benzene rings is 2. The molecule has 25 heavy (non-hydrogen) atoms. The van der Waals surface area contributed by atoms with Crippen LogP contribution in [0, 0.1) is 0 Å². The predicted molar refractivity (Wildman–Crippen MR) is 95.5 cm³/mol. The number of carbonyl (C=O) groups excluding carboxylic acids is 1. The molecule has 0 unspecified atom stereocenters. The maximum Gasteiger partial charge on any atom is 0.255 e. The van der Waals surface area contributed by atoms with Crippen molar-refractivity contribution in [3.05, 3.63) is 53.6 Å². The minimum atomic E-state index is -0.200. The van der Waals surface area contributed by atoms with Gasteiger partial charge in [0.1, 0.15) is 12.4 Å². The standard InChI is InChI=1S/C20H23NO4/c1-20(2,3)14-7-9-15(10-8-14)23-12-11-21-19(22)16-5-4-6-17-18(16)25-13-24-17/h4-10H,11-13H2,1-3H3,(H,21,22). The molecule has 5 nitrogen and oxygen atoms in total. The summed E-state index contributed by atoms with van der Waals surface area (Å²) >= 11 is 0. The molecule has 0 saturated heterocycles. The molecule has 1 heterocycles. The molecule has 0 spiro atoms. The number of nitrogens with one attached hydrogen (secondary N) is 1. The van der Waals surface area contributed by atoms with Gasteiger partial charge in [-0.05, 0) is 35.2 Å². The Bertz CT molecular complexity index is 747. The van der Waals surface area contributed by atoms with Crippen LogP contribution in [0.15, 0.2) is 42.5 Å². The molecule has 5 heteroatoms. The third-order valence-electron chi connectivity index (χ3n) is 4.02. The molecule has 1 N–H and O–H groups in total. The van der Waals surface area contributed by atoms with Crippen LogP contribution < -0.4 is 19.5 Å². The van der Waals surface area contributed by atoms with Gasteiger partial charge in [0.25, 0.3) is 5.91 Å². The van der Waals surface area contributed by atoms with E-state index in [2.05, 4.69) is 38.2 Å². The van der Waals surface area contributed by atoms with E-state index in [0.29, 0.717) is 30.2 Å². The van der Waals surface area contributed by atoms with Crippen molar-refractivity contribution in [2.75, 3.05) is 19.9 Å². The van der Waals surface area contributed by atoms with E-state index in [-0.39, 0.29) is 18.1 Å². The van der Waals surface area contributed by atoms with Gasteiger partial charge in [0, 0.05) is 0 Å². The largest absolute Gasteiger partial charge is 0.492 e. The Kier molecular flexibility index (Phi) is 4.83. The molecule has 0 aromatic heterocycles. The van der Waals surface area contributed by atoms with Crippen molar-refractivity contribution in [2.24, 2.45) is 0 Å². The van der Waals surface area contributed by atoms with Crippen molar-refractivity contribution in [3.8, 4) is 17.2 Å². The van der Waals surface area contributed by atoms with Crippen molar-refractivity contribution in [1.29, 1.82) is 0 Å². The van der Waals surface area contributed by atoms with Crippen LogP contribution >= 0.6 is 0 Å². The Morgan fingerprint density at radius 3 is 2.60 bits per heavy atom. The van der Waals surface area contributed by atoms with Crippen molar-refractivity contribution in [3.63, 3.8) is 0 Å². The van der Waals surface area contributed by atoms with E-state index in [4.69, 9.17) is 14.2 Å². The lowest BCUT2D eigenvalue weighted by molar-refractivity contribution is 0.0942. The highest BCUT2D eigenvalue weighted by Gasteiger charge is 2.21.